The smallest absolute Gasteiger partial charge is 0.416 e. The first-order valence-corrected chi connectivity index (χ1v) is 9.02. The van der Waals surface area contributed by atoms with E-state index in [0.717, 1.165) is 25.0 Å². The molecule has 1 aromatic heterocycles. The van der Waals surface area contributed by atoms with E-state index in [4.69, 9.17) is 4.42 Å². The number of nitrogens with one attached hydrogen (secondary N) is 1. The van der Waals surface area contributed by atoms with Crippen LogP contribution in [0.5, 0.6) is 0 Å². The predicted octanol–water partition coefficient (Wildman–Crippen LogP) is 6.60. The fraction of sp³-hybridized carbons (Fsp3) is 0.273. The summed E-state index contributed by atoms with van der Waals surface area (Å²) in [4.78, 5) is 0. The van der Waals surface area contributed by atoms with Crippen LogP contribution in [0.2, 0.25) is 0 Å². The summed E-state index contributed by atoms with van der Waals surface area (Å²) in [6, 6.07) is 19.1. The first-order chi connectivity index (χ1) is 13.0. The Morgan fingerprint density at radius 1 is 0.963 bits per heavy atom. The molecular weight excluding hydrogens is 351 g/mol. The molecule has 142 valence electrons. The molecule has 0 aliphatic carbocycles. The van der Waals surface area contributed by atoms with Gasteiger partial charge in [0.05, 0.1) is 12.1 Å². The van der Waals surface area contributed by atoms with Crippen molar-refractivity contribution in [3.8, 4) is 11.3 Å². The van der Waals surface area contributed by atoms with Crippen LogP contribution in [-0.2, 0) is 12.7 Å². The second kappa shape index (κ2) is 8.44. The summed E-state index contributed by atoms with van der Waals surface area (Å²) in [5.41, 5.74) is 0.955. The summed E-state index contributed by atoms with van der Waals surface area (Å²) in [5, 5.41) is 3.48. The van der Waals surface area contributed by atoms with Crippen LogP contribution in [0.4, 0.5) is 13.2 Å². The fourth-order valence-electron chi connectivity index (χ4n) is 3.06. The molecule has 0 spiro atoms. The van der Waals surface area contributed by atoms with E-state index in [1.807, 2.05) is 18.2 Å². The molecule has 27 heavy (non-hydrogen) atoms. The van der Waals surface area contributed by atoms with Crippen molar-refractivity contribution in [2.45, 2.75) is 38.5 Å². The number of hydrogen-bond acceptors (Lipinski definition) is 2. The quantitative estimate of drug-likeness (QED) is 0.505. The standard InChI is InChI=1S/C22H22F3NO/c1-2-7-20(16-8-4-3-5-9-16)26-15-19-12-13-21(27-19)17-10-6-11-18(14-17)22(23,24)25/h3-6,8-14,20,26H,2,7,15H2,1H3. The molecule has 0 radical (unpaired) electrons. The van der Waals surface area contributed by atoms with Crippen LogP contribution in [0.15, 0.2) is 71.1 Å². The van der Waals surface area contributed by atoms with Crippen molar-refractivity contribution in [2.24, 2.45) is 0 Å². The Bertz CT molecular complexity index is 855. The molecule has 3 rings (SSSR count). The molecule has 0 amide bonds. The monoisotopic (exact) mass is 373 g/mol. The first-order valence-electron chi connectivity index (χ1n) is 9.02. The lowest BCUT2D eigenvalue weighted by Crippen LogP contribution is -2.20. The molecular formula is C22H22F3NO. The van der Waals surface area contributed by atoms with E-state index in [0.29, 0.717) is 23.6 Å². The van der Waals surface area contributed by atoms with Gasteiger partial charge in [0, 0.05) is 11.6 Å². The fourth-order valence-corrected chi connectivity index (χ4v) is 3.06. The lowest BCUT2D eigenvalue weighted by Gasteiger charge is -2.18. The van der Waals surface area contributed by atoms with Crippen molar-refractivity contribution in [1.29, 1.82) is 0 Å². The molecule has 1 unspecified atom stereocenters. The van der Waals surface area contributed by atoms with Gasteiger partial charge in [0.25, 0.3) is 0 Å². The van der Waals surface area contributed by atoms with E-state index in [-0.39, 0.29) is 6.04 Å². The van der Waals surface area contributed by atoms with Gasteiger partial charge >= 0.3 is 6.18 Å². The number of hydrogen-bond donors (Lipinski definition) is 1. The van der Waals surface area contributed by atoms with Crippen LogP contribution in [0.1, 0.15) is 42.7 Å². The molecule has 2 nitrogen and oxygen atoms in total. The van der Waals surface area contributed by atoms with Crippen LogP contribution >= 0.6 is 0 Å². The Balaban J connectivity index is 1.71. The molecule has 1 N–H and O–H groups in total. The van der Waals surface area contributed by atoms with Crippen molar-refractivity contribution in [3.05, 3.63) is 83.6 Å². The molecule has 0 aliphatic heterocycles. The summed E-state index contributed by atoms with van der Waals surface area (Å²) in [7, 11) is 0. The topological polar surface area (TPSA) is 25.2 Å². The molecule has 0 bridgehead atoms. The summed E-state index contributed by atoms with van der Waals surface area (Å²) in [6.45, 7) is 2.65. The van der Waals surface area contributed by atoms with Crippen LogP contribution in [-0.4, -0.2) is 0 Å². The number of furan rings is 1. The van der Waals surface area contributed by atoms with Gasteiger partial charge in [-0.15, -0.1) is 0 Å². The van der Waals surface area contributed by atoms with Gasteiger partial charge in [-0.25, -0.2) is 0 Å². The minimum atomic E-state index is -4.37. The zero-order valence-electron chi connectivity index (χ0n) is 15.1. The van der Waals surface area contributed by atoms with Crippen LogP contribution < -0.4 is 5.32 Å². The third-order valence-corrected chi connectivity index (χ3v) is 4.44. The third kappa shape index (κ3) is 5.01. The van der Waals surface area contributed by atoms with Crippen LogP contribution in [0, 0.1) is 0 Å². The van der Waals surface area contributed by atoms with Crippen LogP contribution in [0.3, 0.4) is 0 Å². The minimum absolute atomic E-state index is 0.207. The van der Waals surface area contributed by atoms with E-state index in [9.17, 15) is 13.2 Å². The third-order valence-electron chi connectivity index (χ3n) is 4.44. The maximum absolute atomic E-state index is 12.9. The Morgan fingerprint density at radius 2 is 1.74 bits per heavy atom. The summed E-state index contributed by atoms with van der Waals surface area (Å²) >= 11 is 0. The SMILES string of the molecule is CCCC(NCc1ccc(-c2cccc(C(F)(F)F)c2)o1)c1ccccc1. The largest absolute Gasteiger partial charge is 0.460 e. The van der Waals surface area contributed by atoms with E-state index < -0.39 is 11.7 Å². The average Bonchev–Trinajstić information content (AvgIpc) is 3.14. The number of benzene rings is 2. The molecule has 0 aliphatic rings. The molecule has 1 atom stereocenters. The van der Waals surface area contributed by atoms with Crippen molar-refractivity contribution in [3.63, 3.8) is 0 Å². The maximum Gasteiger partial charge on any atom is 0.416 e. The lowest BCUT2D eigenvalue weighted by molar-refractivity contribution is -0.137. The Kier molecular flexibility index (Phi) is 6.01. The van der Waals surface area contributed by atoms with Crippen molar-refractivity contribution in [2.75, 3.05) is 0 Å². The highest BCUT2D eigenvalue weighted by molar-refractivity contribution is 5.58. The van der Waals surface area contributed by atoms with Gasteiger partial charge in [-0.05, 0) is 36.2 Å². The van der Waals surface area contributed by atoms with E-state index in [2.05, 4.69) is 24.4 Å². The zero-order chi connectivity index (χ0) is 19.3. The molecule has 0 saturated carbocycles. The highest BCUT2D eigenvalue weighted by atomic mass is 19.4. The van der Waals surface area contributed by atoms with Gasteiger partial charge in [-0.1, -0.05) is 55.8 Å². The average molecular weight is 373 g/mol. The Labute approximate surface area is 157 Å². The van der Waals surface area contributed by atoms with E-state index >= 15 is 0 Å². The number of rotatable bonds is 7. The highest BCUT2D eigenvalue weighted by Crippen LogP contribution is 2.32. The van der Waals surface area contributed by atoms with Crippen LogP contribution in [0.25, 0.3) is 11.3 Å². The van der Waals surface area contributed by atoms with Gasteiger partial charge in [0.15, 0.2) is 0 Å². The van der Waals surface area contributed by atoms with Gasteiger partial charge in [0.1, 0.15) is 11.5 Å². The normalized spacial score (nSPS) is 12.9. The highest BCUT2D eigenvalue weighted by Gasteiger charge is 2.30. The van der Waals surface area contributed by atoms with Gasteiger partial charge in [-0.3, -0.25) is 0 Å². The summed E-state index contributed by atoms with van der Waals surface area (Å²) in [5.74, 6) is 1.13. The zero-order valence-corrected chi connectivity index (χ0v) is 15.1. The summed E-state index contributed by atoms with van der Waals surface area (Å²) < 4.78 is 44.4. The molecule has 3 aromatic rings. The van der Waals surface area contributed by atoms with E-state index in [1.165, 1.54) is 11.6 Å². The lowest BCUT2D eigenvalue weighted by atomic mass is 10.0. The Hall–Kier alpha value is -2.53. The number of halogens is 3. The van der Waals surface area contributed by atoms with Gasteiger partial charge < -0.3 is 9.73 Å². The molecule has 1 heterocycles. The second-order valence-corrected chi connectivity index (χ2v) is 6.48. The molecule has 0 fully saturated rings. The molecule has 5 heteroatoms. The molecule has 0 saturated heterocycles. The summed E-state index contributed by atoms with van der Waals surface area (Å²) in [6.07, 6.45) is -2.33. The first kappa shape index (κ1) is 19.2. The van der Waals surface area contributed by atoms with Crippen molar-refractivity contribution in [1.82, 2.24) is 5.32 Å². The van der Waals surface area contributed by atoms with Gasteiger partial charge in [-0.2, -0.15) is 13.2 Å². The van der Waals surface area contributed by atoms with Crippen molar-refractivity contribution < 1.29 is 17.6 Å². The maximum atomic E-state index is 12.9. The van der Waals surface area contributed by atoms with Crippen molar-refractivity contribution >= 4 is 0 Å². The van der Waals surface area contributed by atoms with E-state index in [1.54, 1.807) is 18.2 Å². The Morgan fingerprint density at radius 3 is 2.44 bits per heavy atom. The minimum Gasteiger partial charge on any atom is -0.460 e. The second-order valence-electron chi connectivity index (χ2n) is 6.48. The predicted molar refractivity (Wildman–Crippen MR) is 100 cm³/mol. The van der Waals surface area contributed by atoms with Gasteiger partial charge in [0.2, 0.25) is 0 Å². The molecule has 2 aromatic carbocycles. The number of alkyl halides is 3.